The van der Waals surface area contributed by atoms with Crippen LogP contribution in [0.5, 0.6) is 0 Å². The summed E-state index contributed by atoms with van der Waals surface area (Å²) in [6, 6.07) is 3.22. The molecule has 3 rings (SSSR count). The van der Waals surface area contributed by atoms with E-state index in [2.05, 4.69) is 5.32 Å². The summed E-state index contributed by atoms with van der Waals surface area (Å²) in [5, 5.41) is 21.9. The van der Waals surface area contributed by atoms with Crippen molar-refractivity contribution in [1.29, 1.82) is 0 Å². The molecule has 0 bridgehead atoms. The van der Waals surface area contributed by atoms with E-state index in [-0.39, 0.29) is 17.9 Å². The van der Waals surface area contributed by atoms with E-state index < -0.39 is 46.5 Å². The summed E-state index contributed by atoms with van der Waals surface area (Å²) in [6.07, 6.45) is -0.505. The second-order valence-corrected chi connectivity index (χ2v) is 7.26. The van der Waals surface area contributed by atoms with Crippen molar-refractivity contribution in [2.75, 3.05) is 0 Å². The molecule has 2 aliphatic rings. The lowest BCUT2D eigenvalue weighted by molar-refractivity contribution is -0.185. The highest BCUT2D eigenvalue weighted by Gasteiger charge is 2.66. The Labute approximate surface area is 137 Å². The van der Waals surface area contributed by atoms with Crippen LogP contribution in [0, 0.1) is 23.0 Å². The number of carboxylic acid groups (broad SMARTS) is 1. The van der Waals surface area contributed by atoms with Gasteiger partial charge in [-0.25, -0.2) is 13.6 Å². The molecule has 0 aromatic heterocycles. The summed E-state index contributed by atoms with van der Waals surface area (Å²) >= 11 is 0. The number of hydrogen-bond donors (Lipinski definition) is 3. The molecule has 5 nitrogen and oxygen atoms in total. The number of aliphatic hydroxyl groups excluding tert-OH is 1. The van der Waals surface area contributed by atoms with Crippen molar-refractivity contribution in [3.05, 3.63) is 35.4 Å². The van der Waals surface area contributed by atoms with Crippen molar-refractivity contribution in [2.45, 2.75) is 44.2 Å². The molecule has 3 N–H and O–H groups in total. The Morgan fingerprint density at radius 3 is 2.46 bits per heavy atom. The number of halogens is 2. The van der Waals surface area contributed by atoms with E-state index in [0.29, 0.717) is 6.42 Å². The zero-order valence-electron chi connectivity index (χ0n) is 13.3. The normalized spacial score (nSPS) is 33.5. The molecule has 0 heterocycles. The molecule has 7 heteroatoms. The van der Waals surface area contributed by atoms with Gasteiger partial charge in [0.1, 0.15) is 17.2 Å². The lowest BCUT2D eigenvalue weighted by Gasteiger charge is -2.56. The van der Waals surface area contributed by atoms with E-state index in [4.69, 9.17) is 0 Å². The van der Waals surface area contributed by atoms with E-state index in [1.54, 1.807) is 13.8 Å². The average Bonchev–Trinajstić information content (AvgIpc) is 3.26. The van der Waals surface area contributed by atoms with Gasteiger partial charge >= 0.3 is 5.97 Å². The van der Waals surface area contributed by atoms with Crippen LogP contribution in [0.25, 0.3) is 0 Å². The first-order chi connectivity index (χ1) is 11.1. The molecule has 1 aromatic rings. The van der Waals surface area contributed by atoms with Gasteiger partial charge in [-0.3, -0.25) is 4.79 Å². The Bertz CT molecular complexity index is 721. The molecular weight excluding hydrogens is 320 g/mol. The Morgan fingerprint density at radius 2 is 1.96 bits per heavy atom. The van der Waals surface area contributed by atoms with Crippen LogP contribution in [-0.2, 0) is 9.59 Å². The van der Waals surface area contributed by atoms with Crippen LogP contribution < -0.4 is 5.32 Å². The number of benzene rings is 1. The molecule has 24 heavy (non-hydrogen) atoms. The molecule has 0 saturated heterocycles. The van der Waals surface area contributed by atoms with E-state index in [9.17, 15) is 28.6 Å². The van der Waals surface area contributed by atoms with Crippen LogP contribution in [0.3, 0.4) is 0 Å². The van der Waals surface area contributed by atoms with Gasteiger partial charge in [-0.05, 0) is 24.0 Å². The molecule has 0 radical (unpaired) electrons. The molecule has 0 aliphatic heterocycles. The van der Waals surface area contributed by atoms with Gasteiger partial charge in [-0.1, -0.05) is 19.9 Å². The highest BCUT2D eigenvalue weighted by atomic mass is 19.1. The number of carbonyl (C=O) groups excluding carboxylic acids is 1. The van der Waals surface area contributed by atoms with Gasteiger partial charge in [0.2, 0.25) is 5.91 Å². The van der Waals surface area contributed by atoms with Crippen LogP contribution in [0.1, 0.15) is 38.2 Å². The molecule has 2 aliphatic carbocycles. The standard InChI is InChI=1S/C17H19F2NO4/c1-16(2)13(21)7-17(16,15(23)24)20-14(22)11-6-10(11)9-4-3-8(18)5-12(9)19/h3-5,10-11,13,21H,6-7H2,1-2H3,(H,20,22)(H,23,24)/t10-,11+,13-,17-/m0/s1. The third kappa shape index (κ3) is 2.30. The number of aliphatic carboxylic acids is 1. The Kier molecular flexibility index (Phi) is 3.67. The minimum atomic E-state index is -1.53. The summed E-state index contributed by atoms with van der Waals surface area (Å²) in [6.45, 7) is 3.17. The highest BCUT2D eigenvalue weighted by molar-refractivity contribution is 5.91. The molecule has 0 spiro atoms. The number of amides is 1. The Balaban J connectivity index is 1.74. The van der Waals surface area contributed by atoms with Crippen LogP contribution >= 0.6 is 0 Å². The predicted molar refractivity (Wildman–Crippen MR) is 80.1 cm³/mol. The maximum absolute atomic E-state index is 13.8. The number of carbonyl (C=O) groups is 2. The van der Waals surface area contributed by atoms with Crippen molar-refractivity contribution in [3.8, 4) is 0 Å². The fourth-order valence-electron chi connectivity index (χ4n) is 3.52. The number of rotatable bonds is 4. The molecule has 0 unspecified atom stereocenters. The van der Waals surface area contributed by atoms with Crippen molar-refractivity contribution >= 4 is 11.9 Å². The van der Waals surface area contributed by atoms with Crippen LogP contribution in [-0.4, -0.2) is 33.7 Å². The molecule has 2 fully saturated rings. The summed E-state index contributed by atoms with van der Waals surface area (Å²) in [5.41, 5.74) is -2.27. The number of hydrogen-bond acceptors (Lipinski definition) is 3. The van der Waals surface area contributed by atoms with E-state index in [0.717, 1.165) is 12.1 Å². The van der Waals surface area contributed by atoms with Crippen LogP contribution in [0.4, 0.5) is 8.78 Å². The van der Waals surface area contributed by atoms with Crippen molar-refractivity contribution < 1.29 is 28.6 Å². The number of nitrogens with one attached hydrogen (secondary N) is 1. The Morgan fingerprint density at radius 1 is 1.29 bits per heavy atom. The monoisotopic (exact) mass is 339 g/mol. The number of carboxylic acids is 1. The minimum absolute atomic E-state index is 0.0661. The lowest BCUT2D eigenvalue weighted by atomic mass is 9.54. The van der Waals surface area contributed by atoms with Gasteiger partial charge in [-0.15, -0.1) is 0 Å². The van der Waals surface area contributed by atoms with Crippen molar-refractivity contribution in [1.82, 2.24) is 5.32 Å². The smallest absolute Gasteiger partial charge is 0.330 e. The van der Waals surface area contributed by atoms with E-state index >= 15 is 0 Å². The minimum Gasteiger partial charge on any atom is -0.479 e. The zero-order valence-corrected chi connectivity index (χ0v) is 13.3. The van der Waals surface area contributed by atoms with E-state index in [1.807, 2.05) is 0 Å². The number of aliphatic hydroxyl groups is 1. The summed E-state index contributed by atoms with van der Waals surface area (Å²) in [7, 11) is 0. The van der Waals surface area contributed by atoms with E-state index in [1.165, 1.54) is 6.07 Å². The second kappa shape index (κ2) is 5.24. The molecule has 1 aromatic carbocycles. The molecule has 2 saturated carbocycles. The first-order valence-electron chi connectivity index (χ1n) is 7.78. The SMILES string of the molecule is CC1(C)[C@@H](O)C[C@]1(NC(=O)[C@@H]1C[C@H]1c1ccc(F)cc1F)C(=O)O. The quantitative estimate of drug-likeness (QED) is 0.781. The fourth-order valence-corrected chi connectivity index (χ4v) is 3.52. The maximum atomic E-state index is 13.8. The largest absolute Gasteiger partial charge is 0.479 e. The molecule has 4 atom stereocenters. The summed E-state index contributed by atoms with van der Waals surface area (Å²) in [5.74, 6) is -4.00. The molecule has 1 amide bonds. The van der Waals surface area contributed by atoms with Crippen molar-refractivity contribution in [3.63, 3.8) is 0 Å². The van der Waals surface area contributed by atoms with Gasteiger partial charge in [-0.2, -0.15) is 0 Å². The first kappa shape index (κ1) is 16.8. The maximum Gasteiger partial charge on any atom is 0.330 e. The second-order valence-electron chi connectivity index (χ2n) is 7.26. The third-order valence-corrected chi connectivity index (χ3v) is 5.62. The summed E-state index contributed by atoms with van der Waals surface area (Å²) in [4.78, 5) is 24.1. The van der Waals surface area contributed by atoms with Crippen molar-refractivity contribution in [2.24, 2.45) is 11.3 Å². The van der Waals surface area contributed by atoms with Gasteiger partial charge in [0, 0.05) is 23.8 Å². The average molecular weight is 339 g/mol. The van der Waals surface area contributed by atoms with Gasteiger partial charge < -0.3 is 15.5 Å². The Hall–Kier alpha value is -2.02. The van der Waals surface area contributed by atoms with Crippen LogP contribution in [0.2, 0.25) is 0 Å². The first-order valence-corrected chi connectivity index (χ1v) is 7.78. The molecule has 130 valence electrons. The van der Waals surface area contributed by atoms with Crippen LogP contribution in [0.15, 0.2) is 18.2 Å². The predicted octanol–water partition coefficient (Wildman–Crippen LogP) is 1.80. The van der Waals surface area contributed by atoms with Gasteiger partial charge in [0.15, 0.2) is 0 Å². The third-order valence-electron chi connectivity index (χ3n) is 5.62. The summed E-state index contributed by atoms with van der Waals surface area (Å²) < 4.78 is 26.8. The van der Waals surface area contributed by atoms with Gasteiger partial charge in [0.05, 0.1) is 6.10 Å². The lowest BCUT2D eigenvalue weighted by Crippen LogP contribution is -2.75. The molecular formula is C17H19F2NO4. The zero-order chi connectivity index (χ0) is 17.9. The van der Waals surface area contributed by atoms with Gasteiger partial charge in [0.25, 0.3) is 0 Å². The topological polar surface area (TPSA) is 86.6 Å². The highest BCUT2D eigenvalue weighted by Crippen LogP contribution is 2.52. The fraction of sp³-hybridized carbons (Fsp3) is 0.529.